The fourth-order valence-corrected chi connectivity index (χ4v) is 2.40. The molecule has 88 valence electrons. The summed E-state index contributed by atoms with van der Waals surface area (Å²) in [5.41, 5.74) is 1.26. The minimum Gasteiger partial charge on any atom is -0.365 e. The van der Waals surface area contributed by atoms with Crippen LogP contribution in [0.5, 0.6) is 0 Å². The number of nitriles is 1. The molecule has 2 unspecified atom stereocenters. The molecule has 2 heteroatoms. The van der Waals surface area contributed by atoms with E-state index in [2.05, 4.69) is 54.3 Å². The van der Waals surface area contributed by atoms with E-state index in [0.29, 0.717) is 6.04 Å². The monoisotopic (exact) mass is 226 g/mol. The molecule has 0 amide bonds. The molecule has 0 N–H and O–H groups in total. The van der Waals surface area contributed by atoms with E-state index in [-0.39, 0.29) is 5.92 Å². The largest absolute Gasteiger partial charge is 0.365 e. The van der Waals surface area contributed by atoms with Crippen LogP contribution in [-0.2, 0) is 0 Å². The Morgan fingerprint density at radius 1 is 1.24 bits per heavy atom. The normalized spacial score (nSPS) is 23.1. The number of rotatable bonds is 3. The van der Waals surface area contributed by atoms with E-state index in [1.807, 2.05) is 6.07 Å². The predicted molar refractivity (Wildman–Crippen MR) is 70.7 cm³/mol. The van der Waals surface area contributed by atoms with Crippen LogP contribution in [0.2, 0.25) is 0 Å². The van der Waals surface area contributed by atoms with Crippen molar-refractivity contribution in [2.24, 2.45) is 5.92 Å². The van der Waals surface area contributed by atoms with Gasteiger partial charge in [0.05, 0.1) is 12.0 Å². The van der Waals surface area contributed by atoms with Crippen molar-refractivity contribution in [3.8, 4) is 6.07 Å². The third-order valence-corrected chi connectivity index (χ3v) is 3.33. The molecule has 1 aromatic carbocycles. The lowest BCUT2D eigenvalue weighted by Gasteiger charge is -2.33. The fourth-order valence-electron chi connectivity index (χ4n) is 2.40. The van der Waals surface area contributed by atoms with Gasteiger partial charge in [-0.1, -0.05) is 30.4 Å². The maximum atomic E-state index is 8.88. The van der Waals surface area contributed by atoms with Gasteiger partial charge < -0.3 is 4.90 Å². The lowest BCUT2D eigenvalue weighted by molar-refractivity contribution is 0.551. The highest BCUT2D eigenvalue weighted by atomic mass is 15.2. The van der Waals surface area contributed by atoms with Gasteiger partial charge in [0.15, 0.2) is 0 Å². The number of anilines is 1. The molecule has 0 aromatic heterocycles. The van der Waals surface area contributed by atoms with Gasteiger partial charge in [0, 0.05) is 18.3 Å². The summed E-state index contributed by atoms with van der Waals surface area (Å²) in [4.78, 5) is 2.39. The fraction of sp³-hybridized carbons (Fsp3) is 0.400. The second kappa shape index (κ2) is 5.54. The Labute approximate surface area is 103 Å². The van der Waals surface area contributed by atoms with Crippen LogP contribution in [0.15, 0.2) is 42.5 Å². The van der Waals surface area contributed by atoms with Gasteiger partial charge in [0.25, 0.3) is 0 Å². The van der Waals surface area contributed by atoms with E-state index < -0.39 is 0 Å². The van der Waals surface area contributed by atoms with Crippen LogP contribution in [0.25, 0.3) is 0 Å². The van der Waals surface area contributed by atoms with E-state index in [0.717, 1.165) is 19.4 Å². The summed E-state index contributed by atoms with van der Waals surface area (Å²) < 4.78 is 0. The molecular weight excluding hydrogens is 208 g/mol. The lowest BCUT2D eigenvalue weighted by Crippen LogP contribution is -2.35. The smallest absolute Gasteiger partial charge is 0.0697 e. The van der Waals surface area contributed by atoms with E-state index >= 15 is 0 Å². The first-order chi connectivity index (χ1) is 8.35. The molecule has 0 heterocycles. The molecule has 1 aliphatic rings. The third kappa shape index (κ3) is 2.68. The molecule has 2 atom stereocenters. The topological polar surface area (TPSA) is 27.0 Å². The van der Waals surface area contributed by atoms with Crippen molar-refractivity contribution in [3.63, 3.8) is 0 Å². The Morgan fingerprint density at radius 3 is 2.53 bits per heavy atom. The maximum Gasteiger partial charge on any atom is 0.0697 e. The second-order valence-electron chi connectivity index (χ2n) is 4.39. The van der Waals surface area contributed by atoms with Crippen LogP contribution in [0.1, 0.15) is 19.8 Å². The highest BCUT2D eigenvalue weighted by molar-refractivity contribution is 5.48. The van der Waals surface area contributed by atoms with Crippen molar-refractivity contribution in [1.82, 2.24) is 0 Å². The number of likely N-dealkylation sites (N-methyl/N-ethyl adjacent to an activating group) is 1. The summed E-state index contributed by atoms with van der Waals surface area (Å²) in [5.74, 6) is 0.112. The number of allylic oxidation sites excluding steroid dienone is 1. The second-order valence-corrected chi connectivity index (χ2v) is 4.39. The molecule has 0 saturated heterocycles. The number of benzene rings is 1. The minimum atomic E-state index is 0.112. The first-order valence-electron chi connectivity index (χ1n) is 6.24. The predicted octanol–water partition coefficient (Wildman–Crippen LogP) is 3.37. The molecule has 0 saturated carbocycles. The van der Waals surface area contributed by atoms with Crippen LogP contribution in [0, 0.1) is 17.2 Å². The summed E-state index contributed by atoms with van der Waals surface area (Å²) >= 11 is 0. The summed E-state index contributed by atoms with van der Waals surface area (Å²) in [5, 5.41) is 8.88. The average Bonchev–Trinajstić information content (AvgIpc) is 2.42. The summed E-state index contributed by atoms with van der Waals surface area (Å²) in [6.07, 6.45) is 6.28. The van der Waals surface area contributed by atoms with Crippen molar-refractivity contribution in [1.29, 1.82) is 5.26 Å². The molecule has 17 heavy (non-hydrogen) atoms. The lowest BCUT2D eigenvalue weighted by atomic mass is 9.93. The molecule has 0 fully saturated rings. The van der Waals surface area contributed by atoms with Gasteiger partial charge in [0.1, 0.15) is 0 Å². The molecule has 0 spiro atoms. The van der Waals surface area contributed by atoms with Crippen molar-refractivity contribution in [3.05, 3.63) is 42.5 Å². The number of hydrogen-bond acceptors (Lipinski definition) is 2. The number of nitrogens with zero attached hydrogens (tertiary/aromatic N) is 2. The van der Waals surface area contributed by atoms with Crippen LogP contribution in [0.4, 0.5) is 5.69 Å². The highest BCUT2D eigenvalue weighted by Gasteiger charge is 2.20. The Bertz CT molecular complexity index is 416. The molecule has 0 radical (unpaired) electrons. The van der Waals surface area contributed by atoms with Crippen molar-refractivity contribution in [2.45, 2.75) is 25.8 Å². The quantitative estimate of drug-likeness (QED) is 0.739. The Kier molecular flexibility index (Phi) is 3.82. The summed E-state index contributed by atoms with van der Waals surface area (Å²) in [6, 6.07) is 13.2. The van der Waals surface area contributed by atoms with E-state index in [4.69, 9.17) is 5.26 Å². The molecular formula is C15H18N2. The minimum absolute atomic E-state index is 0.112. The molecule has 1 aromatic rings. The van der Waals surface area contributed by atoms with Gasteiger partial charge in [-0.2, -0.15) is 5.26 Å². The summed E-state index contributed by atoms with van der Waals surface area (Å²) in [6.45, 7) is 3.17. The van der Waals surface area contributed by atoms with Gasteiger partial charge >= 0.3 is 0 Å². The molecule has 2 rings (SSSR count). The zero-order chi connectivity index (χ0) is 12.1. The molecule has 0 bridgehead atoms. The zero-order valence-corrected chi connectivity index (χ0v) is 10.2. The SMILES string of the molecule is CCN(c1ccccc1)C1C=CC(C#N)CC1. The third-order valence-electron chi connectivity index (χ3n) is 3.33. The van der Waals surface area contributed by atoms with Crippen molar-refractivity contribution >= 4 is 5.69 Å². The first kappa shape index (κ1) is 11.7. The zero-order valence-electron chi connectivity index (χ0n) is 10.2. The van der Waals surface area contributed by atoms with Crippen LogP contribution >= 0.6 is 0 Å². The van der Waals surface area contributed by atoms with Crippen molar-refractivity contribution < 1.29 is 0 Å². The van der Waals surface area contributed by atoms with Gasteiger partial charge in [-0.25, -0.2) is 0 Å². The Hall–Kier alpha value is -1.75. The van der Waals surface area contributed by atoms with Gasteiger partial charge in [-0.3, -0.25) is 0 Å². The standard InChI is InChI=1S/C15H18N2/c1-2-17(14-6-4-3-5-7-14)15-10-8-13(12-16)9-11-15/h3-8,10,13,15H,2,9,11H2,1H3. The molecule has 0 aliphatic heterocycles. The van der Waals surface area contributed by atoms with E-state index in [9.17, 15) is 0 Å². The molecule has 2 nitrogen and oxygen atoms in total. The van der Waals surface area contributed by atoms with E-state index in [1.165, 1.54) is 5.69 Å². The Balaban J connectivity index is 2.13. The molecule has 1 aliphatic carbocycles. The average molecular weight is 226 g/mol. The van der Waals surface area contributed by atoms with Crippen LogP contribution in [0.3, 0.4) is 0 Å². The van der Waals surface area contributed by atoms with Gasteiger partial charge in [0.2, 0.25) is 0 Å². The first-order valence-corrected chi connectivity index (χ1v) is 6.24. The van der Waals surface area contributed by atoms with Crippen molar-refractivity contribution in [2.75, 3.05) is 11.4 Å². The van der Waals surface area contributed by atoms with Gasteiger partial charge in [-0.15, -0.1) is 0 Å². The van der Waals surface area contributed by atoms with Gasteiger partial charge in [-0.05, 0) is 31.9 Å². The van der Waals surface area contributed by atoms with E-state index in [1.54, 1.807) is 0 Å². The maximum absolute atomic E-state index is 8.88. The summed E-state index contributed by atoms with van der Waals surface area (Å²) in [7, 11) is 0. The highest BCUT2D eigenvalue weighted by Crippen LogP contribution is 2.25. The van der Waals surface area contributed by atoms with Crippen LogP contribution in [-0.4, -0.2) is 12.6 Å². The number of hydrogen-bond donors (Lipinski definition) is 0. The Morgan fingerprint density at radius 2 is 2.00 bits per heavy atom. The van der Waals surface area contributed by atoms with Crippen LogP contribution < -0.4 is 4.90 Å². The number of para-hydroxylation sites is 1.